The quantitative estimate of drug-likeness (QED) is 0.743. The highest BCUT2D eigenvalue weighted by atomic mass is 16.5. The van der Waals surface area contributed by atoms with Gasteiger partial charge in [0.25, 0.3) is 0 Å². The number of rotatable bonds is 6. The number of nitrogens with zero attached hydrogens (tertiary/aromatic N) is 5. The maximum atomic E-state index is 12.3. The Balaban J connectivity index is 1.34. The Labute approximate surface area is 186 Å². The Kier molecular flexibility index (Phi) is 7.97. The Morgan fingerprint density at radius 1 is 1.06 bits per heavy atom. The van der Waals surface area contributed by atoms with E-state index in [0.717, 1.165) is 76.7 Å². The van der Waals surface area contributed by atoms with Gasteiger partial charge in [-0.15, -0.1) is 0 Å². The van der Waals surface area contributed by atoms with E-state index in [1.807, 2.05) is 17.2 Å². The lowest BCUT2D eigenvalue weighted by atomic mass is 9.98. The van der Waals surface area contributed by atoms with Crippen molar-refractivity contribution in [3.63, 3.8) is 0 Å². The number of carbonyl (C=O) groups is 1. The third-order valence-corrected chi connectivity index (χ3v) is 6.89. The largest absolute Gasteiger partial charge is 0.375 e. The summed E-state index contributed by atoms with van der Waals surface area (Å²) in [5.41, 5.74) is 0. The fraction of sp³-hybridized carbons (Fsp3) is 0.783. The van der Waals surface area contributed by atoms with Gasteiger partial charge >= 0.3 is 0 Å². The highest BCUT2D eigenvalue weighted by Crippen LogP contribution is 2.23. The number of aromatic nitrogens is 2. The minimum absolute atomic E-state index is 0.109. The van der Waals surface area contributed by atoms with E-state index in [4.69, 9.17) is 9.72 Å². The van der Waals surface area contributed by atoms with Crippen molar-refractivity contribution in [3.05, 3.63) is 12.3 Å². The molecule has 2 unspecified atom stereocenters. The van der Waals surface area contributed by atoms with Crippen LogP contribution in [0.3, 0.4) is 0 Å². The minimum Gasteiger partial charge on any atom is -0.375 e. The van der Waals surface area contributed by atoms with Crippen molar-refractivity contribution in [2.45, 2.75) is 63.5 Å². The number of ether oxygens (including phenoxy) is 1. The highest BCUT2D eigenvalue weighted by molar-refractivity contribution is 5.77. The van der Waals surface area contributed by atoms with Crippen LogP contribution in [0, 0.1) is 0 Å². The van der Waals surface area contributed by atoms with Crippen LogP contribution < -0.4 is 10.2 Å². The molecule has 3 fully saturated rings. The number of methoxy groups -OCH3 is 1. The Morgan fingerprint density at radius 3 is 2.68 bits per heavy atom. The summed E-state index contributed by atoms with van der Waals surface area (Å²) in [4.78, 5) is 28.6. The molecule has 3 saturated heterocycles. The van der Waals surface area contributed by atoms with E-state index in [1.54, 1.807) is 7.11 Å². The Bertz CT molecular complexity index is 709. The zero-order valence-electron chi connectivity index (χ0n) is 19.0. The molecule has 0 aromatic carbocycles. The van der Waals surface area contributed by atoms with Gasteiger partial charge in [-0.25, -0.2) is 4.98 Å². The summed E-state index contributed by atoms with van der Waals surface area (Å²) in [6.45, 7) is 6.11. The number of nitrogens with one attached hydrogen (secondary N) is 1. The number of hydrogen-bond donors (Lipinski definition) is 1. The first kappa shape index (κ1) is 22.3. The van der Waals surface area contributed by atoms with Gasteiger partial charge in [-0.1, -0.05) is 12.8 Å². The molecule has 4 rings (SSSR count). The van der Waals surface area contributed by atoms with Crippen LogP contribution in [-0.2, 0) is 9.53 Å². The van der Waals surface area contributed by atoms with Crippen LogP contribution in [0.2, 0.25) is 0 Å². The van der Waals surface area contributed by atoms with Crippen molar-refractivity contribution in [3.8, 4) is 0 Å². The number of piperidine rings is 2. The van der Waals surface area contributed by atoms with E-state index in [0.29, 0.717) is 12.1 Å². The molecule has 0 aliphatic carbocycles. The van der Waals surface area contributed by atoms with Crippen LogP contribution >= 0.6 is 0 Å². The SMILES string of the molecule is COCC(=O)N1CCCC(N2CCCC(Nc3nccc(N4CCCCCC4)n3)C2)C1. The summed E-state index contributed by atoms with van der Waals surface area (Å²) < 4.78 is 5.05. The molecule has 31 heavy (non-hydrogen) atoms. The fourth-order valence-corrected chi connectivity index (χ4v) is 5.23. The van der Waals surface area contributed by atoms with Gasteiger partial charge in [0, 0.05) is 58.1 Å². The zero-order chi connectivity index (χ0) is 21.5. The van der Waals surface area contributed by atoms with E-state index in [2.05, 4.69) is 20.1 Å². The summed E-state index contributed by atoms with van der Waals surface area (Å²) in [6, 6.07) is 2.82. The van der Waals surface area contributed by atoms with Crippen LogP contribution in [-0.4, -0.2) is 90.7 Å². The number of carbonyl (C=O) groups excluding carboxylic acids is 1. The molecule has 8 heteroatoms. The molecule has 1 aromatic heterocycles. The Morgan fingerprint density at radius 2 is 1.87 bits per heavy atom. The molecule has 2 atom stereocenters. The summed E-state index contributed by atoms with van der Waals surface area (Å²) in [6.07, 6.45) is 11.5. The lowest BCUT2D eigenvalue weighted by molar-refractivity contribution is -0.137. The van der Waals surface area contributed by atoms with E-state index < -0.39 is 0 Å². The second-order valence-corrected chi connectivity index (χ2v) is 9.19. The molecule has 1 N–H and O–H groups in total. The van der Waals surface area contributed by atoms with Crippen molar-refractivity contribution in [1.82, 2.24) is 19.8 Å². The van der Waals surface area contributed by atoms with E-state index in [9.17, 15) is 4.79 Å². The van der Waals surface area contributed by atoms with Gasteiger partial charge in [0.1, 0.15) is 12.4 Å². The molecule has 1 aromatic rings. The highest BCUT2D eigenvalue weighted by Gasteiger charge is 2.31. The normalized spacial score (nSPS) is 25.8. The Hall–Kier alpha value is -1.93. The molecule has 0 spiro atoms. The standard InChI is InChI=1S/C23H38N6O2/c1-31-18-22(30)29-15-7-9-20(17-29)28-14-6-8-19(16-28)25-23-24-11-10-21(26-23)27-12-4-2-3-5-13-27/h10-11,19-20H,2-9,12-18H2,1H3,(H,24,25,26). The number of hydrogen-bond acceptors (Lipinski definition) is 7. The van der Waals surface area contributed by atoms with E-state index in [-0.39, 0.29) is 12.5 Å². The predicted molar refractivity (Wildman–Crippen MR) is 122 cm³/mol. The fourth-order valence-electron chi connectivity index (χ4n) is 5.23. The predicted octanol–water partition coefficient (Wildman–Crippen LogP) is 2.37. The second kappa shape index (κ2) is 11.1. The summed E-state index contributed by atoms with van der Waals surface area (Å²) in [7, 11) is 1.59. The number of amides is 1. The minimum atomic E-state index is 0.109. The van der Waals surface area contributed by atoms with Gasteiger partial charge in [0.05, 0.1) is 0 Å². The number of likely N-dealkylation sites (tertiary alicyclic amines) is 2. The molecule has 3 aliphatic rings. The van der Waals surface area contributed by atoms with E-state index in [1.165, 1.54) is 25.7 Å². The molecule has 0 saturated carbocycles. The first-order chi connectivity index (χ1) is 15.2. The van der Waals surface area contributed by atoms with Gasteiger partial charge in [0.2, 0.25) is 11.9 Å². The van der Waals surface area contributed by atoms with Crippen molar-refractivity contribution in [2.24, 2.45) is 0 Å². The van der Waals surface area contributed by atoms with Crippen molar-refractivity contribution >= 4 is 17.7 Å². The molecule has 0 bridgehead atoms. The monoisotopic (exact) mass is 430 g/mol. The van der Waals surface area contributed by atoms with Gasteiger partial charge < -0.3 is 19.9 Å². The molecule has 0 radical (unpaired) electrons. The first-order valence-electron chi connectivity index (χ1n) is 12.1. The van der Waals surface area contributed by atoms with E-state index >= 15 is 0 Å². The molecule has 8 nitrogen and oxygen atoms in total. The summed E-state index contributed by atoms with van der Waals surface area (Å²) in [5, 5.41) is 3.61. The zero-order valence-corrected chi connectivity index (χ0v) is 19.0. The van der Waals surface area contributed by atoms with Gasteiger partial charge in [-0.3, -0.25) is 9.69 Å². The maximum Gasteiger partial charge on any atom is 0.248 e. The molecule has 1 amide bonds. The van der Waals surface area contributed by atoms with Crippen molar-refractivity contribution < 1.29 is 9.53 Å². The molecular formula is C23H38N6O2. The number of anilines is 2. The summed E-state index contributed by atoms with van der Waals surface area (Å²) in [5.74, 6) is 1.90. The van der Waals surface area contributed by atoms with Crippen LogP contribution in [0.4, 0.5) is 11.8 Å². The average molecular weight is 431 g/mol. The van der Waals surface area contributed by atoms with Crippen LogP contribution in [0.25, 0.3) is 0 Å². The van der Waals surface area contributed by atoms with Crippen molar-refractivity contribution in [1.29, 1.82) is 0 Å². The van der Waals surface area contributed by atoms with Crippen molar-refractivity contribution in [2.75, 3.05) is 63.2 Å². The lowest BCUT2D eigenvalue weighted by Gasteiger charge is -2.43. The topological polar surface area (TPSA) is 73.8 Å². The third kappa shape index (κ3) is 6.07. The van der Waals surface area contributed by atoms with Crippen LogP contribution in [0.15, 0.2) is 12.3 Å². The van der Waals surface area contributed by atoms with Gasteiger partial charge in [0.15, 0.2) is 0 Å². The van der Waals surface area contributed by atoms with Gasteiger partial charge in [-0.2, -0.15) is 4.98 Å². The third-order valence-electron chi connectivity index (χ3n) is 6.89. The lowest BCUT2D eigenvalue weighted by Crippen LogP contribution is -2.54. The first-order valence-corrected chi connectivity index (χ1v) is 12.1. The molecule has 4 heterocycles. The molecular weight excluding hydrogens is 392 g/mol. The van der Waals surface area contributed by atoms with Crippen LogP contribution in [0.5, 0.6) is 0 Å². The molecule has 172 valence electrons. The smallest absolute Gasteiger partial charge is 0.248 e. The second-order valence-electron chi connectivity index (χ2n) is 9.19. The average Bonchev–Trinajstić information content (AvgIpc) is 3.09. The molecule has 3 aliphatic heterocycles. The summed E-state index contributed by atoms with van der Waals surface area (Å²) >= 11 is 0. The maximum absolute atomic E-state index is 12.3. The van der Waals surface area contributed by atoms with Gasteiger partial charge in [-0.05, 0) is 51.1 Å². The van der Waals surface area contributed by atoms with Crippen LogP contribution in [0.1, 0.15) is 51.4 Å².